The second-order valence-electron chi connectivity index (χ2n) is 6.00. The average molecular weight is 332 g/mol. The molecule has 1 saturated heterocycles. The lowest BCUT2D eigenvalue weighted by Gasteiger charge is -2.33. The summed E-state index contributed by atoms with van der Waals surface area (Å²) in [5.41, 5.74) is 7.75. The fourth-order valence-electron chi connectivity index (χ4n) is 2.84. The minimum Gasteiger partial charge on any atom is -0.449 e. The van der Waals surface area contributed by atoms with Crippen molar-refractivity contribution in [3.05, 3.63) is 24.2 Å². The van der Waals surface area contributed by atoms with Gasteiger partial charge in [-0.25, -0.2) is 14.3 Å². The van der Waals surface area contributed by atoms with Crippen molar-refractivity contribution in [2.45, 2.75) is 26.3 Å². The molecule has 3 rings (SSSR count). The Morgan fingerprint density at radius 2 is 2.08 bits per heavy atom. The number of nitrogens with zero attached hydrogens (tertiary/aromatic N) is 5. The van der Waals surface area contributed by atoms with Crippen molar-refractivity contribution < 1.29 is 9.53 Å². The monoisotopic (exact) mass is 332 g/mol. The maximum atomic E-state index is 12.0. The van der Waals surface area contributed by atoms with Crippen LogP contribution < -0.4 is 5.73 Å². The summed E-state index contributed by atoms with van der Waals surface area (Å²) in [6, 6.07) is 3.96. The lowest BCUT2D eigenvalue weighted by atomic mass is 10.3. The van der Waals surface area contributed by atoms with Gasteiger partial charge >= 0.3 is 6.09 Å². The summed E-state index contributed by atoms with van der Waals surface area (Å²) in [7, 11) is 0. The number of unbranched alkanes of at least 4 members (excludes halogenated alkanes) is 1. The van der Waals surface area contributed by atoms with Crippen molar-refractivity contribution in [1.82, 2.24) is 24.4 Å². The molecule has 3 heterocycles. The van der Waals surface area contributed by atoms with Crippen LogP contribution in [0.4, 0.5) is 10.6 Å². The Morgan fingerprint density at radius 1 is 1.29 bits per heavy atom. The SMILES string of the molecule is CCCCOC(=O)N1CCN(Cc2ccc3c(N)ncnn23)CC1. The largest absolute Gasteiger partial charge is 0.449 e. The highest BCUT2D eigenvalue weighted by Gasteiger charge is 2.22. The fourth-order valence-corrected chi connectivity index (χ4v) is 2.84. The Morgan fingerprint density at radius 3 is 2.83 bits per heavy atom. The Kier molecular flexibility index (Phi) is 5.14. The molecule has 1 amide bonds. The predicted molar refractivity (Wildman–Crippen MR) is 90.5 cm³/mol. The van der Waals surface area contributed by atoms with E-state index in [0.29, 0.717) is 25.5 Å². The quantitative estimate of drug-likeness (QED) is 0.832. The Hall–Kier alpha value is -2.35. The molecule has 1 aliphatic rings. The molecule has 2 aromatic rings. The molecule has 0 atom stereocenters. The van der Waals surface area contributed by atoms with Gasteiger partial charge < -0.3 is 15.4 Å². The molecule has 8 heteroatoms. The molecule has 8 nitrogen and oxygen atoms in total. The number of amides is 1. The number of hydrogen-bond acceptors (Lipinski definition) is 6. The maximum absolute atomic E-state index is 12.0. The van der Waals surface area contributed by atoms with Crippen LogP contribution >= 0.6 is 0 Å². The van der Waals surface area contributed by atoms with Crippen LogP contribution in [0.5, 0.6) is 0 Å². The topological polar surface area (TPSA) is 89.0 Å². The second kappa shape index (κ2) is 7.48. The molecule has 24 heavy (non-hydrogen) atoms. The van der Waals surface area contributed by atoms with Crippen LogP contribution in [0, 0.1) is 0 Å². The molecule has 2 aromatic heterocycles. The van der Waals surface area contributed by atoms with Gasteiger partial charge in [0.25, 0.3) is 0 Å². The highest BCUT2D eigenvalue weighted by molar-refractivity contribution is 5.67. The summed E-state index contributed by atoms with van der Waals surface area (Å²) in [5.74, 6) is 0.482. The van der Waals surface area contributed by atoms with Crippen molar-refractivity contribution in [2.75, 3.05) is 38.5 Å². The molecule has 0 aliphatic carbocycles. The zero-order chi connectivity index (χ0) is 16.9. The second-order valence-corrected chi connectivity index (χ2v) is 6.00. The van der Waals surface area contributed by atoms with E-state index in [1.54, 1.807) is 4.90 Å². The number of fused-ring (bicyclic) bond motifs is 1. The Balaban J connectivity index is 1.53. The average Bonchev–Trinajstić information content (AvgIpc) is 3.00. The normalized spacial score (nSPS) is 15.8. The number of nitrogens with two attached hydrogens (primary N) is 1. The molecule has 130 valence electrons. The fraction of sp³-hybridized carbons (Fsp3) is 0.562. The van der Waals surface area contributed by atoms with Gasteiger partial charge in [-0.3, -0.25) is 4.90 Å². The molecule has 0 aromatic carbocycles. The number of carbonyl (C=O) groups is 1. The first kappa shape index (κ1) is 16.5. The van der Waals surface area contributed by atoms with Gasteiger partial charge in [-0.2, -0.15) is 5.10 Å². The van der Waals surface area contributed by atoms with Crippen molar-refractivity contribution in [1.29, 1.82) is 0 Å². The van der Waals surface area contributed by atoms with Gasteiger partial charge in [0.2, 0.25) is 0 Å². The zero-order valence-corrected chi connectivity index (χ0v) is 14.0. The smallest absolute Gasteiger partial charge is 0.409 e. The first-order valence-electron chi connectivity index (χ1n) is 8.40. The van der Waals surface area contributed by atoms with Crippen molar-refractivity contribution >= 4 is 17.4 Å². The summed E-state index contributed by atoms with van der Waals surface area (Å²) >= 11 is 0. The lowest BCUT2D eigenvalue weighted by Crippen LogP contribution is -2.48. The van der Waals surface area contributed by atoms with Crippen LogP contribution in [0.2, 0.25) is 0 Å². The van der Waals surface area contributed by atoms with E-state index in [2.05, 4.69) is 21.9 Å². The van der Waals surface area contributed by atoms with Gasteiger partial charge in [0.05, 0.1) is 12.3 Å². The maximum Gasteiger partial charge on any atom is 0.409 e. The van der Waals surface area contributed by atoms with E-state index in [9.17, 15) is 4.79 Å². The highest BCUT2D eigenvalue weighted by Crippen LogP contribution is 2.15. The highest BCUT2D eigenvalue weighted by atomic mass is 16.6. The number of nitrogen functional groups attached to an aromatic ring is 1. The van der Waals surface area contributed by atoms with E-state index in [0.717, 1.165) is 43.7 Å². The van der Waals surface area contributed by atoms with Crippen LogP contribution in [-0.2, 0) is 11.3 Å². The van der Waals surface area contributed by atoms with Gasteiger partial charge in [0, 0.05) is 32.7 Å². The molecule has 0 bridgehead atoms. The summed E-state index contributed by atoms with van der Waals surface area (Å²) < 4.78 is 7.09. The molecule has 1 aliphatic heterocycles. The van der Waals surface area contributed by atoms with E-state index in [1.165, 1.54) is 6.33 Å². The van der Waals surface area contributed by atoms with Gasteiger partial charge in [0.15, 0.2) is 5.82 Å². The number of piperazine rings is 1. The molecule has 0 saturated carbocycles. The van der Waals surface area contributed by atoms with E-state index >= 15 is 0 Å². The summed E-state index contributed by atoms with van der Waals surface area (Å²) in [6.07, 6.45) is 3.21. The molecule has 1 fully saturated rings. The van der Waals surface area contributed by atoms with Crippen LogP contribution in [0.1, 0.15) is 25.5 Å². The lowest BCUT2D eigenvalue weighted by molar-refractivity contribution is 0.0733. The zero-order valence-electron chi connectivity index (χ0n) is 14.0. The Labute approximate surface area is 141 Å². The number of ether oxygens (including phenoxy) is 1. The summed E-state index contributed by atoms with van der Waals surface area (Å²) in [4.78, 5) is 20.0. The van der Waals surface area contributed by atoms with Crippen LogP contribution in [0.15, 0.2) is 18.5 Å². The Bertz CT molecular complexity index is 693. The molecule has 0 unspecified atom stereocenters. The number of carbonyl (C=O) groups excluding carboxylic acids is 1. The van der Waals surface area contributed by atoms with Gasteiger partial charge in [0.1, 0.15) is 11.8 Å². The van der Waals surface area contributed by atoms with Gasteiger partial charge in [-0.05, 0) is 18.6 Å². The molecule has 2 N–H and O–H groups in total. The van der Waals surface area contributed by atoms with Crippen molar-refractivity contribution in [2.24, 2.45) is 0 Å². The van der Waals surface area contributed by atoms with E-state index in [1.807, 2.05) is 16.6 Å². The van der Waals surface area contributed by atoms with Crippen molar-refractivity contribution in [3.8, 4) is 0 Å². The molecule has 0 radical (unpaired) electrons. The molecule has 0 spiro atoms. The van der Waals surface area contributed by atoms with Crippen molar-refractivity contribution in [3.63, 3.8) is 0 Å². The summed E-state index contributed by atoms with van der Waals surface area (Å²) in [5, 5.41) is 4.27. The van der Waals surface area contributed by atoms with E-state index in [-0.39, 0.29) is 6.09 Å². The third-order valence-corrected chi connectivity index (χ3v) is 4.30. The van der Waals surface area contributed by atoms with Crippen LogP contribution in [0.25, 0.3) is 5.52 Å². The number of aromatic nitrogens is 3. The molecular weight excluding hydrogens is 308 g/mol. The first-order valence-corrected chi connectivity index (χ1v) is 8.40. The minimum absolute atomic E-state index is 0.197. The third kappa shape index (κ3) is 3.59. The van der Waals surface area contributed by atoms with Crippen LogP contribution in [0.3, 0.4) is 0 Å². The standard InChI is InChI=1S/C16H24N6O2/c1-2-3-10-24-16(23)21-8-6-20(7-9-21)11-13-4-5-14-15(17)18-12-19-22(13)14/h4-5,12H,2-3,6-11H2,1H3,(H2,17,18,19). The molecular formula is C16H24N6O2. The summed E-state index contributed by atoms with van der Waals surface area (Å²) in [6.45, 7) is 6.36. The minimum atomic E-state index is -0.197. The number of hydrogen-bond donors (Lipinski definition) is 1. The van der Waals surface area contributed by atoms with E-state index in [4.69, 9.17) is 10.5 Å². The van der Waals surface area contributed by atoms with Gasteiger partial charge in [-0.1, -0.05) is 13.3 Å². The van der Waals surface area contributed by atoms with Crippen LogP contribution in [-0.4, -0.2) is 63.3 Å². The first-order chi connectivity index (χ1) is 11.7. The van der Waals surface area contributed by atoms with Gasteiger partial charge in [-0.15, -0.1) is 0 Å². The number of anilines is 1. The third-order valence-electron chi connectivity index (χ3n) is 4.30. The number of rotatable bonds is 5. The predicted octanol–water partition coefficient (Wildman–Crippen LogP) is 1.37. The van der Waals surface area contributed by atoms with E-state index < -0.39 is 0 Å².